The Morgan fingerprint density at radius 1 is 1.38 bits per heavy atom. The van der Waals surface area contributed by atoms with Gasteiger partial charge in [-0.1, -0.05) is 6.07 Å². The number of carbonyl (C=O) groups is 1. The summed E-state index contributed by atoms with van der Waals surface area (Å²) >= 11 is 0. The Hall–Kier alpha value is -2.52. The minimum absolute atomic E-state index is 0.0728. The molecule has 2 rings (SSSR count). The van der Waals surface area contributed by atoms with E-state index < -0.39 is 18.3 Å². The molecule has 0 bridgehead atoms. The number of amides is 1. The van der Waals surface area contributed by atoms with Crippen LogP contribution in [0.25, 0.3) is 5.69 Å². The molecule has 1 aromatic heterocycles. The van der Waals surface area contributed by atoms with E-state index >= 15 is 0 Å². The maximum Gasteiger partial charge on any atom is 0.383 e. The molecule has 10 heteroatoms. The van der Waals surface area contributed by atoms with Crippen LogP contribution in [0.15, 0.2) is 24.5 Å². The maximum absolute atomic E-state index is 12.9. The van der Waals surface area contributed by atoms with Gasteiger partial charge < -0.3 is 5.32 Å². The largest absolute Gasteiger partial charge is 0.383 e. The van der Waals surface area contributed by atoms with Crippen molar-refractivity contribution in [2.75, 3.05) is 5.32 Å². The second-order valence-electron chi connectivity index (χ2n) is 4.13. The number of anilines is 1. The summed E-state index contributed by atoms with van der Waals surface area (Å²) in [4.78, 5) is 11.2. The third-order valence-electron chi connectivity index (χ3n) is 2.64. The van der Waals surface area contributed by atoms with E-state index in [1.807, 2.05) is 0 Å². The number of nitrogens with one attached hydrogen (secondary N) is 1. The second-order valence-corrected chi connectivity index (χ2v) is 4.13. The van der Waals surface area contributed by atoms with Crippen molar-refractivity contribution in [1.29, 1.82) is 0 Å². The highest BCUT2D eigenvalue weighted by Crippen LogP contribution is 2.25. The highest BCUT2D eigenvalue weighted by atomic mass is 19.3. The van der Waals surface area contributed by atoms with E-state index in [0.29, 0.717) is 11.3 Å². The van der Waals surface area contributed by atoms with Gasteiger partial charge in [-0.05, 0) is 35.0 Å². The quantitative estimate of drug-likeness (QED) is 0.874. The number of hydrogen-bond acceptors (Lipinski definition) is 4. The molecule has 0 aliphatic rings. The Kier molecular flexibility index (Phi) is 3.87. The van der Waals surface area contributed by atoms with Crippen molar-refractivity contribution in [3.05, 3.63) is 30.1 Å². The Balaban J connectivity index is 2.27. The van der Waals surface area contributed by atoms with E-state index in [2.05, 4.69) is 15.5 Å². The Morgan fingerprint density at radius 3 is 2.67 bits per heavy atom. The molecule has 0 saturated carbocycles. The molecule has 0 atom stereocenters. The highest BCUT2D eigenvalue weighted by Gasteiger charge is 2.48. The number of halogens is 4. The predicted molar refractivity (Wildman–Crippen MR) is 63.5 cm³/mol. The van der Waals surface area contributed by atoms with E-state index in [4.69, 9.17) is 0 Å². The molecule has 0 unspecified atom stereocenters. The van der Waals surface area contributed by atoms with Gasteiger partial charge in [-0.3, -0.25) is 4.79 Å². The highest BCUT2D eigenvalue weighted by molar-refractivity contribution is 5.96. The van der Waals surface area contributed by atoms with E-state index in [1.54, 1.807) is 12.2 Å². The normalized spacial score (nSPS) is 11.7. The molecular formula is C11H9F4N5O. The first-order valence-electron chi connectivity index (χ1n) is 5.64. The number of aryl methyl sites for hydroxylation is 1. The van der Waals surface area contributed by atoms with Crippen molar-refractivity contribution < 1.29 is 22.4 Å². The zero-order valence-corrected chi connectivity index (χ0v) is 10.6. The Bertz CT molecular complexity index is 644. The van der Waals surface area contributed by atoms with Crippen LogP contribution in [-0.2, 0) is 4.79 Å². The molecule has 0 saturated heterocycles. The molecule has 1 N–H and O–H groups in total. The van der Waals surface area contributed by atoms with Gasteiger partial charge in [0.05, 0.1) is 5.69 Å². The van der Waals surface area contributed by atoms with Gasteiger partial charge in [-0.2, -0.15) is 8.78 Å². The topological polar surface area (TPSA) is 72.7 Å². The van der Waals surface area contributed by atoms with Crippen molar-refractivity contribution in [2.24, 2.45) is 0 Å². The average molecular weight is 303 g/mol. The molecule has 0 aliphatic carbocycles. The molecule has 1 heterocycles. The van der Waals surface area contributed by atoms with Crippen molar-refractivity contribution >= 4 is 11.6 Å². The van der Waals surface area contributed by atoms with Crippen LogP contribution in [0.1, 0.15) is 5.56 Å². The summed E-state index contributed by atoms with van der Waals surface area (Å²) in [6.07, 6.45) is -2.82. The van der Waals surface area contributed by atoms with E-state index in [9.17, 15) is 22.4 Å². The summed E-state index contributed by atoms with van der Waals surface area (Å²) in [7, 11) is 0. The van der Waals surface area contributed by atoms with Crippen LogP contribution in [0.5, 0.6) is 0 Å². The zero-order valence-electron chi connectivity index (χ0n) is 10.6. The minimum Gasteiger partial charge on any atom is -0.321 e. The summed E-state index contributed by atoms with van der Waals surface area (Å²) < 4.78 is 51.2. The van der Waals surface area contributed by atoms with Crippen LogP contribution >= 0.6 is 0 Å². The standard InChI is InChI=1S/C11H9F4N5O/c1-6-2-3-7(4-8(6)20-5-16-18-19-20)17-10(21)11(14,15)9(12)13/h2-5,9H,1H3,(H,17,21). The molecule has 1 aromatic carbocycles. The molecular weight excluding hydrogens is 294 g/mol. The first kappa shape index (κ1) is 14.9. The SMILES string of the molecule is Cc1ccc(NC(=O)C(F)(F)C(F)F)cc1-n1cnnn1. The molecule has 21 heavy (non-hydrogen) atoms. The lowest BCUT2D eigenvalue weighted by atomic mass is 10.1. The van der Waals surface area contributed by atoms with Crippen LogP contribution < -0.4 is 5.32 Å². The summed E-state index contributed by atoms with van der Waals surface area (Å²) in [6, 6.07) is 4.11. The van der Waals surface area contributed by atoms with E-state index in [-0.39, 0.29) is 5.69 Å². The summed E-state index contributed by atoms with van der Waals surface area (Å²) in [5.41, 5.74) is 1.04. The average Bonchev–Trinajstić information content (AvgIpc) is 2.94. The predicted octanol–water partition coefficient (Wildman–Crippen LogP) is 1.81. The number of rotatable bonds is 4. The van der Waals surface area contributed by atoms with Crippen molar-refractivity contribution in [3.8, 4) is 5.69 Å². The van der Waals surface area contributed by atoms with Gasteiger partial charge in [0.2, 0.25) is 0 Å². The van der Waals surface area contributed by atoms with Crippen LogP contribution in [-0.4, -0.2) is 38.5 Å². The first-order valence-corrected chi connectivity index (χ1v) is 5.64. The number of carbonyl (C=O) groups excluding carboxylic acids is 1. The minimum atomic E-state index is -4.76. The fourth-order valence-corrected chi connectivity index (χ4v) is 1.52. The van der Waals surface area contributed by atoms with Crippen LogP contribution in [0.2, 0.25) is 0 Å². The third kappa shape index (κ3) is 2.98. The smallest absolute Gasteiger partial charge is 0.321 e. The monoisotopic (exact) mass is 303 g/mol. The number of alkyl halides is 4. The molecule has 0 fully saturated rings. The van der Waals surface area contributed by atoms with Gasteiger partial charge in [0, 0.05) is 5.69 Å². The number of tetrazole rings is 1. The fraction of sp³-hybridized carbons (Fsp3) is 0.273. The van der Waals surface area contributed by atoms with Crippen LogP contribution in [0, 0.1) is 6.92 Å². The molecule has 6 nitrogen and oxygen atoms in total. The second kappa shape index (κ2) is 5.46. The molecule has 0 spiro atoms. The van der Waals surface area contributed by atoms with Gasteiger partial charge in [0.25, 0.3) is 0 Å². The van der Waals surface area contributed by atoms with Gasteiger partial charge in [0.1, 0.15) is 6.33 Å². The molecule has 1 amide bonds. The van der Waals surface area contributed by atoms with Crippen molar-refractivity contribution in [3.63, 3.8) is 0 Å². The molecule has 112 valence electrons. The maximum atomic E-state index is 12.9. The van der Waals surface area contributed by atoms with E-state index in [1.165, 1.54) is 29.2 Å². The fourth-order valence-electron chi connectivity index (χ4n) is 1.52. The molecule has 0 aliphatic heterocycles. The number of benzene rings is 1. The van der Waals surface area contributed by atoms with Crippen LogP contribution in [0.3, 0.4) is 0 Å². The van der Waals surface area contributed by atoms with Gasteiger partial charge >= 0.3 is 18.3 Å². The third-order valence-corrected chi connectivity index (χ3v) is 2.64. The van der Waals surface area contributed by atoms with Crippen LogP contribution in [0.4, 0.5) is 23.2 Å². The molecule has 0 radical (unpaired) electrons. The van der Waals surface area contributed by atoms with Gasteiger partial charge in [0.15, 0.2) is 0 Å². The molecule has 2 aromatic rings. The van der Waals surface area contributed by atoms with Crippen molar-refractivity contribution in [1.82, 2.24) is 20.2 Å². The Labute approximate surface area is 115 Å². The Morgan fingerprint density at radius 2 is 2.10 bits per heavy atom. The number of aromatic nitrogens is 4. The number of hydrogen-bond donors (Lipinski definition) is 1. The first-order chi connectivity index (χ1) is 9.82. The lowest BCUT2D eigenvalue weighted by Crippen LogP contribution is -2.41. The zero-order chi connectivity index (χ0) is 15.6. The summed E-state index contributed by atoms with van der Waals surface area (Å²) in [6.45, 7) is 1.70. The van der Waals surface area contributed by atoms with Gasteiger partial charge in [-0.15, -0.1) is 5.10 Å². The lowest BCUT2D eigenvalue weighted by Gasteiger charge is -2.15. The van der Waals surface area contributed by atoms with E-state index in [0.717, 1.165) is 0 Å². The van der Waals surface area contributed by atoms with Gasteiger partial charge in [-0.25, -0.2) is 13.5 Å². The number of nitrogens with zero attached hydrogens (tertiary/aromatic N) is 4. The lowest BCUT2D eigenvalue weighted by molar-refractivity contribution is -0.163. The summed E-state index contributed by atoms with van der Waals surface area (Å²) in [5.74, 6) is -6.84. The van der Waals surface area contributed by atoms with Crippen molar-refractivity contribution in [2.45, 2.75) is 19.3 Å². The summed E-state index contributed by atoms with van der Waals surface area (Å²) in [5, 5.41) is 12.2.